The minimum absolute atomic E-state index is 0.285. The van der Waals surface area contributed by atoms with Crippen molar-refractivity contribution < 1.29 is 4.79 Å². The molecule has 0 spiro atoms. The topological polar surface area (TPSA) is 65.8 Å². The Morgan fingerprint density at radius 3 is 2.81 bits per heavy atom. The van der Waals surface area contributed by atoms with Crippen molar-refractivity contribution in [2.24, 2.45) is 0 Å². The molecule has 0 aliphatic carbocycles. The highest BCUT2D eigenvalue weighted by Gasteiger charge is 2.16. The van der Waals surface area contributed by atoms with E-state index in [4.69, 9.17) is 11.6 Å². The lowest BCUT2D eigenvalue weighted by molar-refractivity contribution is 0.102. The molecule has 0 fully saturated rings. The molecule has 0 bridgehead atoms. The van der Waals surface area contributed by atoms with E-state index in [0.717, 1.165) is 16.1 Å². The molecular formula is C15H14ClN3OS. The summed E-state index contributed by atoms with van der Waals surface area (Å²) in [5, 5.41) is 12.8. The van der Waals surface area contributed by atoms with Gasteiger partial charge in [0.25, 0.3) is 5.91 Å². The average molecular weight is 320 g/mol. The van der Waals surface area contributed by atoms with E-state index < -0.39 is 0 Å². The van der Waals surface area contributed by atoms with Gasteiger partial charge in [-0.15, -0.1) is 11.3 Å². The summed E-state index contributed by atoms with van der Waals surface area (Å²) in [4.78, 5) is 17.5. The number of thiophene rings is 1. The van der Waals surface area contributed by atoms with Crippen LogP contribution in [0.2, 0.25) is 5.15 Å². The fourth-order valence-electron chi connectivity index (χ4n) is 1.89. The first-order valence-corrected chi connectivity index (χ1v) is 7.63. The summed E-state index contributed by atoms with van der Waals surface area (Å²) in [5.74, 6) is -0.285. The summed E-state index contributed by atoms with van der Waals surface area (Å²) >= 11 is 7.32. The van der Waals surface area contributed by atoms with Gasteiger partial charge in [-0.3, -0.25) is 4.79 Å². The molecule has 6 heteroatoms. The van der Waals surface area contributed by atoms with Crippen molar-refractivity contribution in [1.82, 2.24) is 4.98 Å². The van der Waals surface area contributed by atoms with E-state index in [1.807, 2.05) is 20.8 Å². The van der Waals surface area contributed by atoms with Gasteiger partial charge < -0.3 is 5.32 Å². The van der Waals surface area contributed by atoms with E-state index in [9.17, 15) is 10.1 Å². The van der Waals surface area contributed by atoms with Gasteiger partial charge in [-0.2, -0.15) is 5.26 Å². The number of nitriles is 1. The fraction of sp³-hybridized carbons (Fsp3) is 0.267. The van der Waals surface area contributed by atoms with Crippen LogP contribution < -0.4 is 5.32 Å². The van der Waals surface area contributed by atoms with Crippen LogP contribution in [-0.4, -0.2) is 10.9 Å². The maximum absolute atomic E-state index is 12.3. The Morgan fingerprint density at radius 1 is 1.48 bits per heavy atom. The molecule has 0 aromatic carbocycles. The molecule has 0 atom stereocenters. The van der Waals surface area contributed by atoms with Gasteiger partial charge in [-0.05, 0) is 38.0 Å². The molecule has 2 rings (SSSR count). The first kappa shape index (κ1) is 15.5. The number of hydrogen-bond acceptors (Lipinski definition) is 4. The van der Waals surface area contributed by atoms with Gasteiger partial charge in [0.05, 0.1) is 5.56 Å². The highest BCUT2D eigenvalue weighted by atomic mass is 35.5. The SMILES string of the molecule is CCc1cc(C(=O)Nc2sc(C)c(C)c2C#N)cc(Cl)n1. The molecule has 21 heavy (non-hydrogen) atoms. The molecule has 0 aliphatic rings. The smallest absolute Gasteiger partial charge is 0.256 e. The molecule has 1 N–H and O–H groups in total. The Labute approximate surface area is 132 Å². The minimum Gasteiger partial charge on any atom is -0.312 e. The van der Waals surface area contributed by atoms with Crippen LogP contribution in [0.15, 0.2) is 12.1 Å². The van der Waals surface area contributed by atoms with E-state index in [1.54, 1.807) is 6.07 Å². The standard InChI is InChI=1S/C15H14ClN3OS/c1-4-11-5-10(6-13(16)18-11)14(20)19-15-12(7-17)8(2)9(3)21-15/h5-6H,4H2,1-3H3,(H,19,20). The molecule has 0 saturated heterocycles. The summed E-state index contributed by atoms with van der Waals surface area (Å²) in [6.45, 7) is 5.74. The summed E-state index contributed by atoms with van der Waals surface area (Å²) in [5.41, 5.74) is 2.62. The summed E-state index contributed by atoms with van der Waals surface area (Å²) in [7, 11) is 0. The first-order chi connectivity index (χ1) is 9.96. The molecule has 2 aromatic rings. The molecule has 0 saturated carbocycles. The number of aryl methyl sites for hydroxylation is 2. The van der Waals surface area contributed by atoms with Gasteiger partial charge in [-0.25, -0.2) is 4.98 Å². The lowest BCUT2D eigenvalue weighted by Crippen LogP contribution is -2.12. The van der Waals surface area contributed by atoms with E-state index in [1.165, 1.54) is 17.4 Å². The number of pyridine rings is 1. The quantitative estimate of drug-likeness (QED) is 0.866. The lowest BCUT2D eigenvalue weighted by Gasteiger charge is -2.06. The second-order valence-corrected chi connectivity index (χ2v) is 6.19. The van der Waals surface area contributed by atoms with E-state index in [2.05, 4.69) is 16.4 Å². The highest BCUT2D eigenvalue weighted by Crippen LogP contribution is 2.32. The number of anilines is 1. The Bertz CT molecular complexity index is 746. The fourth-order valence-corrected chi connectivity index (χ4v) is 3.12. The Hall–Kier alpha value is -1.90. The van der Waals surface area contributed by atoms with Gasteiger partial charge in [0.15, 0.2) is 0 Å². The normalized spacial score (nSPS) is 10.2. The third-order valence-electron chi connectivity index (χ3n) is 3.20. The van der Waals surface area contributed by atoms with Crippen LogP contribution in [0, 0.1) is 25.2 Å². The molecular weight excluding hydrogens is 306 g/mol. The predicted molar refractivity (Wildman–Crippen MR) is 85.1 cm³/mol. The van der Waals surface area contributed by atoms with Crippen molar-refractivity contribution in [3.63, 3.8) is 0 Å². The van der Waals surface area contributed by atoms with Gasteiger partial charge >= 0.3 is 0 Å². The maximum Gasteiger partial charge on any atom is 0.256 e. The third kappa shape index (κ3) is 3.23. The Morgan fingerprint density at radius 2 is 2.19 bits per heavy atom. The minimum atomic E-state index is -0.285. The van der Waals surface area contributed by atoms with E-state index in [0.29, 0.717) is 27.7 Å². The van der Waals surface area contributed by atoms with Gasteiger partial charge in [0.2, 0.25) is 0 Å². The van der Waals surface area contributed by atoms with Crippen LogP contribution in [0.25, 0.3) is 0 Å². The van der Waals surface area contributed by atoms with Crippen molar-refractivity contribution in [3.8, 4) is 6.07 Å². The molecule has 108 valence electrons. The number of amides is 1. The van der Waals surface area contributed by atoms with Crippen LogP contribution in [0.4, 0.5) is 5.00 Å². The molecule has 0 radical (unpaired) electrons. The number of nitrogens with zero attached hydrogens (tertiary/aromatic N) is 2. The molecule has 0 aliphatic heterocycles. The Kier molecular flexibility index (Phi) is 4.61. The molecule has 1 amide bonds. The van der Waals surface area contributed by atoms with Crippen LogP contribution >= 0.6 is 22.9 Å². The largest absolute Gasteiger partial charge is 0.312 e. The molecule has 0 unspecified atom stereocenters. The maximum atomic E-state index is 12.3. The van der Waals surface area contributed by atoms with Gasteiger partial charge in [0, 0.05) is 16.1 Å². The number of carbonyl (C=O) groups is 1. The summed E-state index contributed by atoms with van der Waals surface area (Å²) < 4.78 is 0. The zero-order valence-electron chi connectivity index (χ0n) is 12.0. The van der Waals surface area contributed by atoms with Crippen LogP contribution in [-0.2, 0) is 6.42 Å². The lowest BCUT2D eigenvalue weighted by atomic mass is 10.1. The Balaban J connectivity index is 2.33. The third-order valence-corrected chi connectivity index (χ3v) is 4.51. The van der Waals surface area contributed by atoms with Crippen molar-refractivity contribution in [2.75, 3.05) is 5.32 Å². The molecule has 4 nitrogen and oxygen atoms in total. The zero-order valence-corrected chi connectivity index (χ0v) is 13.5. The number of rotatable bonds is 3. The average Bonchev–Trinajstić information content (AvgIpc) is 2.72. The number of hydrogen-bond donors (Lipinski definition) is 1. The second kappa shape index (κ2) is 6.25. The monoisotopic (exact) mass is 319 g/mol. The number of aromatic nitrogens is 1. The first-order valence-electron chi connectivity index (χ1n) is 6.44. The summed E-state index contributed by atoms with van der Waals surface area (Å²) in [6, 6.07) is 5.36. The second-order valence-electron chi connectivity index (χ2n) is 4.58. The summed E-state index contributed by atoms with van der Waals surface area (Å²) in [6.07, 6.45) is 0.696. The molecule has 2 aromatic heterocycles. The number of halogens is 1. The zero-order chi connectivity index (χ0) is 15.6. The van der Waals surface area contributed by atoms with E-state index >= 15 is 0 Å². The van der Waals surface area contributed by atoms with Crippen molar-refractivity contribution in [2.45, 2.75) is 27.2 Å². The van der Waals surface area contributed by atoms with Crippen LogP contribution in [0.1, 0.15) is 39.0 Å². The van der Waals surface area contributed by atoms with Crippen molar-refractivity contribution in [3.05, 3.63) is 44.5 Å². The van der Waals surface area contributed by atoms with Crippen molar-refractivity contribution >= 4 is 33.8 Å². The molecule has 2 heterocycles. The van der Waals surface area contributed by atoms with Crippen molar-refractivity contribution in [1.29, 1.82) is 5.26 Å². The van der Waals surface area contributed by atoms with Gasteiger partial charge in [-0.1, -0.05) is 18.5 Å². The predicted octanol–water partition coefficient (Wildman–Crippen LogP) is 4.10. The van der Waals surface area contributed by atoms with Crippen LogP contribution in [0.5, 0.6) is 0 Å². The number of carbonyl (C=O) groups excluding carboxylic acids is 1. The van der Waals surface area contributed by atoms with Crippen LogP contribution in [0.3, 0.4) is 0 Å². The number of nitrogens with one attached hydrogen (secondary N) is 1. The highest BCUT2D eigenvalue weighted by molar-refractivity contribution is 7.16. The van der Waals surface area contributed by atoms with Gasteiger partial charge in [0.1, 0.15) is 16.2 Å². The van der Waals surface area contributed by atoms with E-state index in [-0.39, 0.29) is 5.91 Å².